The molecule has 1 saturated heterocycles. The Hall–Kier alpha value is -0.595. The molecule has 0 aromatic rings. The van der Waals surface area contributed by atoms with Gasteiger partial charge in [-0.05, 0) is 6.92 Å². The molecule has 16 heavy (non-hydrogen) atoms. The second-order valence-electron chi connectivity index (χ2n) is 4.13. The summed E-state index contributed by atoms with van der Waals surface area (Å²) in [7, 11) is 2.43. The molecule has 0 amide bonds. The van der Waals surface area contributed by atoms with E-state index in [1.54, 1.807) is 6.92 Å². The van der Waals surface area contributed by atoms with Gasteiger partial charge in [-0.1, -0.05) is 0 Å². The molecular weight excluding hydrogens is 231 g/mol. The summed E-state index contributed by atoms with van der Waals surface area (Å²) >= 11 is 0. The lowest BCUT2D eigenvalue weighted by Crippen LogP contribution is -2.58. The van der Waals surface area contributed by atoms with E-state index in [2.05, 4.69) is 0 Å². The van der Waals surface area contributed by atoms with E-state index in [4.69, 9.17) is 13.1 Å². The molecule has 90 valence electrons. The third-order valence-electron chi connectivity index (χ3n) is 2.69. The standard InChI is InChI=1S/C8H15BN2O4S/c1-6-4-10(16(2,14)15)5-7(11(6)9)3-8(12)13/h6-7H,3-5H2,1-2H3,(H,12,13). The van der Waals surface area contributed by atoms with Gasteiger partial charge in [0.1, 0.15) is 0 Å². The Bertz CT molecular complexity index is 372. The molecule has 1 fully saturated rings. The molecule has 2 atom stereocenters. The van der Waals surface area contributed by atoms with E-state index in [9.17, 15) is 13.2 Å². The number of hydrogen-bond acceptors (Lipinski definition) is 4. The summed E-state index contributed by atoms with van der Waals surface area (Å²) in [6.45, 7) is 2.20. The number of nitrogens with zero attached hydrogens (tertiary/aromatic N) is 2. The van der Waals surface area contributed by atoms with Gasteiger partial charge in [0.15, 0.2) is 7.98 Å². The Morgan fingerprint density at radius 1 is 1.50 bits per heavy atom. The Balaban J connectivity index is 2.81. The summed E-state index contributed by atoms with van der Waals surface area (Å²) in [5.74, 6) is -0.983. The van der Waals surface area contributed by atoms with Crippen LogP contribution in [0.5, 0.6) is 0 Å². The minimum absolute atomic E-state index is 0.131. The van der Waals surface area contributed by atoms with Gasteiger partial charge in [-0.15, -0.1) is 0 Å². The quantitative estimate of drug-likeness (QED) is 0.638. The molecule has 0 spiro atoms. The van der Waals surface area contributed by atoms with Crippen molar-refractivity contribution >= 4 is 24.0 Å². The minimum atomic E-state index is -3.29. The maximum Gasteiger partial charge on any atom is 0.304 e. The Morgan fingerprint density at radius 3 is 2.50 bits per heavy atom. The molecule has 0 bridgehead atoms. The highest BCUT2D eigenvalue weighted by atomic mass is 32.2. The fourth-order valence-electron chi connectivity index (χ4n) is 1.80. The van der Waals surface area contributed by atoms with Crippen LogP contribution < -0.4 is 0 Å². The number of sulfonamides is 1. The molecule has 8 heteroatoms. The van der Waals surface area contributed by atoms with Crippen molar-refractivity contribution in [3.05, 3.63) is 0 Å². The number of carboxylic acids is 1. The number of piperazine rings is 1. The van der Waals surface area contributed by atoms with Gasteiger partial charge in [0.25, 0.3) is 0 Å². The first kappa shape index (κ1) is 13.5. The normalized spacial score (nSPS) is 29.1. The summed E-state index contributed by atoms with van der Waals surface area (Å²) in [5.41, 5.74) is 0. The monoisotopic (exact) mass is 246 g/mol. The van der Waals surface area contributed by atoms with E-state index < -0.39 is 22.0 Å². The summed E-state index contributed by atoms with van der Waals surface area (Å²) in [6, 6.07) is -0.663. The van der Waals surface area contributed by atoms with E-state index in [0.717, 1.165) is 6.26 Å². The van der Waals surface area contributed by atoms with Crippen molar-refractivity contribution in [3.63, 3.8) is 0 Å². The van der Waals surface area contributed by atoms with Crippen LogP contribution in [0, 0.1) is 0 Å². The lowest BCUT2D eigenvalue weighted by molar-refractivity contribution is -0.138. The summed E-state index contributed by atoms with van der Waals surface area (Å²) in [6.07, 6.45) is 0.955. The first-order valence-corrected chi connectivity index (χ1v) is 6.76. The molecule has 0 aliphatic carbocycles. The topological polar surface area (TPSA) is 77.9 Å². The Labute approximate surface area is 96.7 Å². The van der Waals surface area contributed by atoms with E-state index in [1.807, 2.05) is 0 Å². The van der Waals surface area contributed by atoms with Crippen molar-refractivity contribution in [1.82, 2.24) is 9.12 Å². The Kier molecular flexibility index (Phi) is 3.98. The fourth-order valence-corrected chi connectivity index (χ4v) is 2.72. The van der Waals surface area contributed by atoms with Gasteiger partial charge in [0, 0.05) is 25.2 Å². The third-order valence-corrected chi connectivity index (χ3v) is 3.93. The fraction of sp³-hybridized carbons (Fsp3) is 0.875. The predicted octanol–water partition coefficient (Wildman–Crippen LogP) is -1.12. The first-order chi connectivity index (χ1) is 7.21. The summed E-state index contributed by atoms with van der Waals surface area (Å²) in [5, 5.41) is 8.71. The highest BCUT2D eigenvalue weighted by Gasteiger charge is 2.34. The van der Waals surface area contributed by atoms with Gasteiger partial charge in [0.2, 0.25) is 10.0 Å². The highest BCUT2D eigenvalue weighted by Crippen LogP contribution is 2.17. The molecule has 1 aliphatic heterocycles. The van der Waals surface area contributed by atoms with Gasteiger partial charge in [0.05, 0.1) is 12.7 Å². The van der Waals surface area contributed by atoms with E-state index in [1.165, 1.54) is 9.12 Å². The number of carboxylic acid groups (broad SMARTS) is 1. The van der Waals surface area contributed by atoms with Crippen LogP contribution in [-0.2, 0) is 14.8 Å². The predicted molar refractivity (Wildman–Crippen MR) is 59.5 cm³/mol. The maximum atomic E-state index is 11.4. The van der Waals surface area contributed by atoms with Crippen LogP contribution in [0.25, 0.3) is 0 Å². The molecule has 1 heterocycles. The maximum absolute atomic E-state index is 11.4. The van der Waals surface area contributed by atoms with Crippen molar-refractivity contribution in [1.29, 1.82) is 0 Å². The molecule has 0 saturated carbocycles. The van der Waals surface area contributed by atoms with Gasteiger partial charge in [-0.2, -0.15) is 4.31 Å². The summed E-state index contributed by atoms with van der Waals surface area (Å²) < 4.78 is 24.1. The first-order valence-electron chi connectivity index (χ1n) is 4.91. The van der Waals surface area contributed by atoms with E-state index in [0.29, 0.717) is 6.54 Å². The number of carbonyl (C=O) groups is 1. The van der Waals surface area contributed by atoms with Crippen molar-refractivity contribution in [2.75, 3.05) is 19.3 Å². The average molecular weight is 246 g/mol. The largest absolute Gasteiger partial charge is 0.481 e. The molecule has 0 aromatic carbocycles. The van der Waals surface area contributed by atoms with Crippen molar-refractivity contribution in [3.8, 4) is 0 Å². The highest BCUT2D eigenvalue weighted by molar-refractivity contribution is 7.88. The molecule has 1 aliphatic rings. The van der Waals surface area contributed by atoms with Crippen LogP contribution in [-0.4, -0.2) is 68.0 Å². The van der Waals surface area contributed by atoms with Crippen LogP contribution >= 0.6 is 0 Å². The molecule has 1 N–H and O–H groups in total. The van der Waals surface area contributed by atoms with Crippen LogP contribution in [0.1, 0.15) is 13.3 Å². The van der Waals surface area contributed by atoms with E-state index >= 15 is 0 Å². The number of aliphatic carboxylic acids is 1. The van der Waals surface area contributed by atoms with Gasteiger partial charge in [-0.3, -0.25) is 4.79 Å². The smallest absolute Gasteiger partial charge is 0.304 e. The molecule has 0 aromatic heterocycles. The van der Waals surface area contributed by atoms with Crippen LogP contribution in [0.15, 0.2) is 0 Å². The molecule has 6 nitrogen and oxygen atoms in total. The number of hydrogen-bond donors (Lipinski definition) is 1. The second kappa shape index (κ2) is 4.73. The molecule has 2 unspecified atom stereocenters. The zero-order valence-electron chi connectivity index (χ0n) is 9.33. The minimum Gasteiger partial charge on any atom is -0.481 e. The van der Waals surface area contributed by atoms with Crippen LogP contribution in [0.3, 0.4) is 0 Å². The van der Waals surface area contributed by atoms with Gasteiger partial charge >= 0.3 is 5.97 Å². The van der Waals surface area contributed by atoms with Crippen LogP contribution in [0.4, 0.5) is 0 Å². The Morgan fingerprint density at radius 2 is 2.06 bits per heavy atom. The molecular formula is C8H15BN2O4S. The van der Waals surface area contributed by atoms with Crippen LogP contribution in [0.2, 0.25) is 0 Å². The summed E-state index contributed by atoms with van der Waals surface area (Å²) in [4.78, 5) is 12.1. The SMILES string of the molecule is [B]N1C(C)CN(S(C)(=O)=O)CC1CC(=O)O. The molecule has 1 rings (SSSR count). The van der Waals surface area contributed by atoms with Gasteiger partial charge in [-0.25, -0.2) is 8.42 Å². The van der Waals surface area contributed by atoms with E-state index in [-0.39, 0.29) is 19.0 Å². The zero-order valence-corrected chi connectivity index (χ0v) is 10.1. The lowest BCUT2D eigenvalue weighted by atomic mass is 10.0. The second-order valence-corrected chi connectivity index (χ2v) is 6.11. The van der Waals surface area contributed by atoms with Crippen molar-refractivity contribution in [2.24, 2.45) is 0 Å². The average Bonchev–Trinajstić information content (AvgIpc) is 2.10. The lowest BCUT2D eigenvalue weighted by Gasteiger charge is -2.42. The number of rotatable bonds is 3. The molecule has 2 radical (unpaired) electrons. The van der Waals surface area contributed by atoms with Crippen molar-refractivity contribution < 1.29 is 18.3 Å². The third kappa shape index (κ3) is 3.20. The van der Waals surface area contributed by atoms with Gasteiger partial charge < -0.3 is 9.92 Å². The zero-order chi connectivity index (χ0) is 12.5. The van der Waals surface area contributed by atoms with Crippen molar-refractivity contribution in [2.45, 2.75) is 25.4 Å².